The summed E-state index contributed by atoms with van der Waals surface area (Å²) >= 11 is 0. The second-order valence-electron chi connectivity index (χ2n) is 6.61. The molecule has 8 heteroatoms. The molecule has 1 aromatic carbocycles. The highest BCUT2D eigenvalue weighted by molar-refractivity contribution is 14.0. The molecule has 0 spiro atoms. The molecule has 0 amide bonds. The first-order valence-corrected chi connectivity index (χ1v) is 9.27. The van der Waals surface area contributed by atoms with E-state index in [1.807, 2.05) is 0 Å². The lowest BCUT2D eigenvalue weighted by molar-refractivity contribution is -0.0504. The lowest BCUT2D eigenvalue weighted by atomic mass is 9.94. The third-order valence-electron chi connectivity index (χ3n) is 4.81. The van der Waals surface area contributed by atoms with Crippen LogP contribution >= 0.6 is 24.0 Å². The van der Waals surface area contributed by atoms with E-state index in [4.69, 9.17) is 0 Å². The van der Waals surface area contributed by atoms with E-state index in [-0.39, 0.29) is 29.7 Å². The Kier molecular flexibility index (Phi) is 11.6. The van der Waals surface area contributed by atoms with E-state index in [2.05, 4.69) is 32.3 Å². The minimum absolute atomic E-state index is 0. The van der Waals surface area contributed by atoms with Crippen molar-refractivity contribution in [3.8, 4) is 5.75 Å². The smallest absolute Gasteiger partial charge is 0.387 e. The molecule has 0 heterocycles. The predicted octanol–water partition coefficient (Wildman–Crippen LogP) is 3.84. The molecule has 0 aliphatic heterocycles. The van der Waals surface area contributed by atoms with Crippen LogP contribution in [0.5, 0.6) is 5.75 Å². The maximum absolute atomic E-state index is 12.5. The fourth-order valence-electron chi connectivity index (χ4n) is 3.32. The van der Waals surface area contributed by atoms with E-state index in [1.54, 1.807) is 31.3 Å². The van der Waals surface area contributed by atoms with Gasteiger partial charge in [-0.2, -0.15) is 8.78 Å². The minimum Gasteiger partial charge on any atom is -0.434 e. The molecule has 0 radical (unpaired) electrons. The number of para-hydroxylation sites is 1. The van der Waals surface area contributed by atoms with Gasteiger partial charge in [-0.1, -0.05) is 37.5 Å². The maximum Gasteiger partial charge on any atom is 0.387 e. The molecule has 0 saturated heterocycles. The number of nitrogens with zero attached hydrogens (tertiary/aromatic N) is 2. The van der Waals surface area contributed by atoms with Gasteiger partial charge in [0, 0.05) is 38.3 Å². The Morgan fingerprint density at radius 2 is 1.93 bits per heavy atom. The molecule has 0 bridgehead atoms. The summed E-state index contributed by atoms with van der Waals surface area (Å²) in [4.78, 5) is 6.60. The lowest BCUT2D eigenvalue weighted by Crippen LogP contribution is -2.43. The van der Waals surface area contributed by atoms with Gasteiger partial charge in [0.1, 0.15) is 5.75 Å². The Balaban J connectivity index is 0.00000364. The quantitative estimate of drug-likeness (QED) is 0.327. The van der Waals surface area contributed by atoms with Crippen LogP contribution in [-0.2, 0) is 6.54 Å². The van der Waals surface area contributed by atoms with Crippen LogP contribution < -0.4 is 15.4 Å². The number of likely N-dealkylation sites (N-methyl/N-ethyl adjacent to an activating group) is 1. The molecule has 1 aromatic rings. The van der Waals surface area contributed by atoms with Crippen molar-refractivity contribution >= 4 is 29.9 Å². The number of nitrogens with one attached hydrogen (secondary N) is 2. The Morgan fingerprint density at radius 3 is 2.59 bits per heavy atom. The van der Waals surface area contributed by atoms with E-state index >= 15 is 0 Å². The van der Waals surface area contributed by atoms with Crippen LogP contribution in [0.2, 0.25) is 0 Å². The summed E-state index contributed by atoms with van der Waals surface area (Å²) in [5.74, 6) is 0.830. The van der Waals surface area contributed by atoms with Gasteiger partial charge in [0.15, 0.2) is 5.96 Å². The Morgan fingerprint density at radius 1 is 1.22 bits per heavy atom. The highest BCUT2D eigenvalue weighted by atomic mass is 127. The minimum atomic E-state index is -2.83. The fraction of sp³-hybridized carbons (Fsp3) is 0.632. The molecule has 1 aliphatic rings. The van der Waals surface area contributed by atoms with Gasteiger partial charge in [0.2, 0.25) is 0 Å². The monoisotopic (exact) mass is 496 g/mol. The number of rotatable bonds is 8. The lowest BCUT2D eigenvalue weighted by Gasteiger charge is -2.31. The molecular formula is C19H31F2IN4O. The molecule has 154 valence electrons. The zero-order chi connectivity index (χ0) is 18.8. The first-order chi connectivity index (χ1) is 12.6. The standard InChI is InChI=1S/C19H30F2N4O.HI/c1-22-19(23-12-13-25(2)16-9-4-3-5-10-16)24-14-15-8-6-7-11-17(15)26-18(20)21;/h6-8,11,16,18H,3-5,9-10,12-14H2,1-2H3,(H2,22,23,24);1H. The number of hydrogen-bond donors (Lipinski definition) is 2. The molecular weight excluding hydrogens is 465 g/mol. The Labute approximate surface area is 178 Å². The topological polar surface area (TPSA) is 48.9 Å². The van der Waals surface area contributed by atoms with Gasteiger partial charge in [-0.15, -0.1) is 24.0 Å². The van der Waals surface area contributed by atoms with Gasteiger partial charge in [-0.3, -0.25) is 4.99 Å². The number of hydrogen-bond acceptors (Lipinski definition) is 3. The fourth-order valence-corrected chi connectivity index (χ4v) is 3.32. The van der Waals surface area contributed by atoms with Crippen LogP contribution in [0.4, 0.5) is 8.78 Å². The normalized spacial score (nSPS) is 15.6. The second kappa shape index (κ2) is 13.1. The molecule has 0 unspecified atom stereocenters. The summed E-state index contributed by atoms with van der Waals surface area (Å²) in [5.41, 5.74) is 0.662. The summed E-state index contributed by atoms with van der Waals surface area (Å²) in [6.07, 6.45) is 6.57. The highest BCUT2D eigenvalue weighted by Gasteiger charge is 2.17. The average Bonchev–Trinajstić information content (AvgIpc) is 2.65. The molecule has 5 nitrogen and oxygen atoms in total. The van der Waals surface area contributed by atoms with E-state index in [0.717, 1.165) is 13.1 Å². The summed E-state index contributed by atoms with van der Waals surface area (Å²) in [6, 6.07) is 7.45. The Hall–Kier alpha value is -1.16. The third-order valence-corrected chi connectivity index (χ3v) is 4.81. The van der Waals surface area contributed by atoms with Crippen molar-refractivity contribution in [3.05, 3.63) is 29.8 Å². The zero-order valence-corrected chi connectivity index (χ0v) is 18.4. The van der Waals surface area contributed by atoms with Gasteiger partial charge < -0.3 is 20.3 Å². The molecule has 1 aliphatic carbocycles. The zero-order valence-electron chi connectivity index (χ0n) is 16.1. The van der Waals surface area contributed by atoms with Crippen LogP contribution in [0.3, 0.4) is 0 Å². The second-order valence-corrected chi connectivity index (χ2v) is 6.61. The molecule has 27 heavy (non-hydrogen) atoms. The van der Waals surface area contributed by atoms with E-state index in [9.17, 15) is 8.78 Å². The molecule has 0 aromatic heterocycles. The number of guanidine groups is 1. The van der Waals surface area contributed by atoms with Crippen LogP contribution in [0.1, 0.15) is 37.7 Å². The summed E-state index contributed by atoms with van der Waals surface area (Å²) in [5, 5.41) is 6.43. The predicted molar refractivity (Wildman–Crippen MR) is 116 cm³/mol. The van der Waals surface area contributed by atoms with E-state index in [1.165, 1.54) is 32.1 Å². The maximum atomic E-state index is 12.5. The van der Waals surface area contributed by atoms with Crippen LogP contribution in [0.25, 0.3) is 0 Å². The number of aliphatic imine (C=N–C) groups is 1. The van der Waals surface area contributed by atoms with Crippen molar-refractivity contribution in [1.29, 1.82) is 0 Å². The molecule has 1 saturated carbocycles. The van der Waals surface area contributed by atoms with Crippen molar-refractivity contribution < 1.29 is 13.5 Å². The van der Waals surface area contributed by atoms with Crippen molar-refractivity contribution in [2.24, 2.45) is 4.99 Å². The SMILES string of the molecule is CN=C(NCCN(C)C1CCCCC1)NCc1ccccc1OC(F)F.I. The van der Waals surface area contributed by atoms with Gasteiger partial charge in [0.25, 0.3) is 0 Å². The first kappa shape index (κ1) is 23.9. The molecule has 2 rings (SSSR count). The number of benzene rings is 1. The summed E-state index contributed by atoms with van der Waals surface area (Å²) in [6.45, 7) is -0.747. The Bertz CT molecular complexity index is 568. The summed E-state index contributed by atoms with van der Waals surface area (Å²) in [7, 11) is 3.87. The molecule has 1 fully saturated rings. The van der Waals surface area contributed by atoms with Gasteiger partial charge in [-0.25, -0.2) is 0 Å². The molecule has 0 atom stereocenters. The highest BCUT2D eigenvalue weighted by Crippen LogP contribution is 2.21. The third kappa shape index (κ3) is 8.59. The largest absolute Gasteiger partial charge is 0.434 e. The summed E-state index contributed by atoms with van der Waals surface area (Å²) < 4.78 is 29.5. The number of halogens is 3. The molecule has 2 N–H and O–H groups in total. The van der Waals surface area contributed by atoms with Crippen molar-refractivity contribution in [2.75, 3.05) is 27.2 Å². The van der Waals surface area contributed by atoms with Gasteiger partial charge >= 0.3 is 6.61 Å². The van der Waals surface area contributed by atoms with Crippen molar-refractivity contribution in [2.45, 2.75) is 51.3 Å². The van der Waals surface area contributed by atoms with Crippen molar-refractivity contribution in [3.63, 3.8) is 0 Å². The first-order valence-electron chi connectivity index (χ1n) is 9.27. The van der Waals surface area contributed by atoms with Crippen LogP contribution in [0.15, 0.2) is 29.3 Å². The van der Waals surface area contributed by atoms with E-state index < -0.39 is 6.61 Å². The van der Waals surface area contributed by atoms with Crippen LogP contribution in [-0.4, -0.2) is 50.7 Å². The van der Waals surface area contributed by atoms with Gasteiger partial charge in [0.05, 0.1) is 0 Å². The van der Waals surface area contributed by atoms with Gasteiger partial charge in [-0.05, 0) is 26.0 Å². The average molecular weight is 496 g/mol. The van der Waals surface area contributed by atoms with Crippen molar-refractivity contribution in [1.82, 2.24) is 15.5 Å². The van der Waals surface area contributed by atoms with E-state index in [0.29, 0.717) is 24.1 Å². The van der Waals surface area contributed by atoms with Crippen LogP contribution in [0, 0.1) is 0 Å². The number of ether oxygens (including phenoxy) is 1. The number of alkyl halides is 2.